The van der Waals surface area contributed by atoms with Gasteiger partial charge in [0.2, 0.25) is 5.78 Å². The summed E-state index contributed by atoms with van der Waals surface area (Å²) in [6, 6.07) is 3.68. The van der Waals surface area contributed by atoms with E-state index < -0.39 is 22.4 Å². The number of nitro benzene ring substituents is 1. The van der Waals surface area contributed by atoms with Gasteiger partial charge < -0.3 is 5.11 Å². The second-order valence-electron chi connectivity index (χ2n) is 6.42. The normalized spacial score (nSPS) is 10.9. The second kappa shape index (κ2) is 7.13. The maximum Gasteiger partial charge on any atom is 0.339 e. The molecule has 0 bridgehead atoms. The zero-order chi connectivity index (χ0) is 21.6. The topological polar surface area (TPSA) is 133 Å². The Kier molecular flexibility index (Phi) is 4.97. The summed E-state index contributed by atoms with van der Waals surface area (Å²) in [4.78, 5) is 35.9. The molecule has 29 heavy (non-hydrogen) atoms. The van der Waals surface area contributed by atoms with Crippen LogP contribution in [0.1, 0.15) is 37.7 Å². The number of aromatic carboxylic acids is 1. The Balaban J connectivity index is 2.34. The van der Waals surface area contributed by atoms with Crippen molar-refractivity contribution in [3.8, 4) is 11.4 Å². The Morgan fingerprint density at radius 3 is 2.10 bits per heavy atom. The molecule has 0 atom stereocenters. The van der Waals surface area contributed by atoms with E-state index in [1.165, 1.54) is 21.5 Å². The van der Waals surface area contributed by atoms with Gasteiger partial charge in [-0.25, -0.2) is 4.79 Å². The lowest BCUT2D eigenvalue weighted by Gasteiger charge is -2.09. The first-order valence-electron chi connectivity index (χ1n) is 8.34. The molecule has 0 spiro atoms. The van der Waals surface area contributed by atoms with E-state index >= 15 is 0 Å². The van der Waals surface area contributed by atoms with Crippen LogP contribution < -0.4 is 0 Å². The minimum absolute atomic E-state index is 0.0448. The predicted octanol–water partition coefficient (Wildman–Crippen LogP) is 2.93. The van der Waals surface area contributed by atoms with Crippen molar-refractivity contribution in [2.75, 3.05) is 0 Å². The molecule has 3 aromatic rings. The molecule has 0 fully saturated rings. The summed E-state index contributed by atoms with van der Waals surface area (Å²) in [5.74, 6) is -1.90. The van der Waals surface area contributed by atoms with E-state index in [1.54, 1.807) is 27.9 Å². The van der Waals surface area contributed by atoms with Gasteiger partial charge in [0.15, 0.2) is 0 Å². The molecule has 2 aromatic heterocycles. The minimum Gasteiger partial charge on any atom is -0.478 e. The highest BCUT2D eigenvalue weighted by Crippen LogP contribution is 2.34. The van der Waals surface area contributed by atoms with Crippen molar-refractivity contribution in [2.45, 2.75) is 13.8 Å². The van der Waals surface area contributed by atoms with Crippen molar-refractivity contribution in [1.29, 1.82) is 0 Å². The number of hydrogen-bond acceptors (Lipinski definition) is 6. The van der Waals surface area contributed by atoms with E-state index in [9.17, 15) is 24.8 Å². The lowest BCUT2D eigenvalue weighted by molar-refractivity contribution is -0.385. The zero-order valence-corrected chi connectivity index (χ0v) is 16.7. The van der Waals surface area contributed by atoms with Gasteiger partial charge in [-0.1, -0.05) is 11.6 Å². The zero-order valence-electron chi connectivity index (χ0n) is 15.9. The van der Waals surface area contributed by atoms with E-state index in [0.29, 0.717) is 0 Å². The van der Waals surface area contributed by atoms with Gasteiger partial charge in [-0.2, -0.15) is 10.2 Å². The smallest absolute Gasteiger partial charge is 0.339 e. The van der Waals surface area contributed by atoms with Gasteiger partial charge in [0, 0.05) is 25.2 Å². The quantitative estimate of drug-likeness (QED) is 0.383. The van der Waals surface area contributed by atoms with Crippen molar-refractivity contribution >= 4 is 29.0 Å². The summed E-state index contributed by atoms with van der Waals surface area (Å²) in [7, 11) is 3.10. The van der Waals surface area contributed by atoms with Crippen molar-refractivity contribution in [1.82, 2.24) is 19.6 Å². The minimum atomic E-state index is -1.21. The molecule has 0 saturated heterocycles. The monoisotopic (exact) mass is 417 g/mol. The highest BCUT2D eigenvalue weighted by atomic mass is 35.5. The van der Waals surface area contributed by atoms with Crippen LogP contribution in [0.4, 0.5) is 5.69 Å². The van der Waals surface area contributed by atoms with E-state index in [2.05, 4.69) is 10.2 Å². The molecule has 10 nitrogen and oxygen atoms in total. The van der Waals surface area contributed by atoms with Crippen molar-refractivity contribution in [2.24, 2.45) is 14.1 Å². The van der Waals surface area contributed by atoms with E-state index in [1.807, 2.05) is 0 Å². The van der Waals surface area contributed by atoms with Gasteiger partial charge in [-0.15, -0.1) is 0 Å². The summed E-state index contributed by atoms with van der Waals surface area (Å²) >= 11 is 5.96. The molecular formula is C18H16ClN5O5. The van der Waals surface area contributed by atoms with E-state index in [0.717, 1.165) is 6.07 Å². The van der Waals surface area contributed by atoms with Crippen LogP contribution in [0, 0.1) is 24.0 Å². The van der Waals surface area contributed by atoms with Gasteiger partial charge in [-0.05, 0) is 26.0 Å². The summed E-state index contributed by atoms with van der Waals surface area (Å²) < 4.78 is 2.71. The Hall–Kier alpha value is -3.53. The van der Waals surface area contributed by atoms with Crippen LogP contribution in [0.2, 0.25) is 5.02 Å². The highest BCUT2D eigenvalue weighted by Gasteiger charge is 2.32. The molecule has 150 valence electrons. The molecule has 0 saturated carbocycles. The SMILES string of the molecule is Cc1nn(C)c(-c2c(C(=O)c3cc(Cl)ccc3[N+](=O)[O-])c(C)nn2C)c1C(=O)O. The first kappa shape index (κ1) is 20.2. The molecule has 0 radical (unpaired) electrons. The van der Waals surface area contributed by atoms with Crippen LogP contribution in [0.3, 0.4) is 0 Å². The lowest BCUT2D eigenvalue weighted by Crippen LogP contribution is -2.11. The molecule has 0 amide bonds. The number of rotatable bonds is 5. The molecule has 11 heteroatoms. The number of carbonyl (C=O) groups is 2. The Labute approximate surface area is 169 Å². The standard InChI is InChI=1S/C18H16ClN5O5/c1-8-13(17(25)11-7-10(19)5-6-12(11)24(28)29)15(22(3)20-8)16-14(18(26)27)9(2)21-23(16)4/h5-7H,1-4H3,(H,26,27). The Morgan fingerprint density at radius 1 is 1.07 bits per heavy atom. The molecule has 3 rings (SSSR count). The number of carboxylic acid groups (broad SMARTS) is 1. The maximum atomic E-state index is 13.4. The predicted molar refractivity (Wildman–Crippen MR) is 103 cm³/mol. The molecular weight excluding hydrogens is 402 g/mol. The molecule has 0 aliphatic carbocycles. The Morgan fingerprint density at radius 2 is 1.59 bits per heavy atom. The third-order valence-electron chi connectivity index (χ3n) is 4.51. The lowest BCUT2D eigenvalue weighted by atomic mass is 9.97. The van der Waals surface area contributed by atoms with Crippen LogP contribution >= 0.6 is 11.6 Å². The fourth-order valence-electron chi connectivity index (χ4n) is 3.37. The molecule has 1 N–H and O–H groups in total. The molecule has 0 aliphatic heterocycles. The average Bonchev–Trinajstić information content (AvgIpc) is 3.07. The van der Waals surface area contributed by atoms with Crippen LogP contribution in [0.25, 0.3) is 11.4 Å². The van der Waals surface area contributed by atoms with Crippen LogP contribution in [-0.4, -0.2) is 41.3 Å². The number of ketones is 1. The third-order valence-corrected chi connectivity index (χ3v) is 4.74. The van der Waals surface area contributed by atoms with Crippen LogP contribution in [0.5, 0.6) is 0 Å². The third kappa shape index (κ3) is 3.27. The first-order chi connectivity index (χ1) is 13.5. The number of carbonyl (C=O) groups excluding carboxylic acids is 1. The average molecular weight is 418 g/mol. The van der Waals surface area contributed by atoms with E-state index in [-0.39, 0.29) is 44.5 Å². The summed E-state index contributed by atoms with van der Waals surface area (Å²) in [6.07, 6.45) is 0. The van der Waals surface area contributed by atoms with Crippen molar-refractivity contribution < 1.29 is 19.6 Å². The number of halogens is 1. The first-order valence-corrected chi connectivity index (χ1v) is 8.71. The number of benzene rings is 1. The van der Waals surface area contributed by atoms with Crippen LogP contribution in [-0.2, 0) is 14.1 Å². The van der Waals surface area contributed by atoms with Gasteiger partial charge >= 0.3 is 5.97 Å². The second-order valence-corrected chi connectivity index (χ2v) is 6.85. The fourth-order valence-corrected chi connectivity index (χ4v) is 3.54. The summed E-state index contributed by atoms with van der Waals surface area (Å²) in [6.45, 7) is 3.11. The number of aryl methyl sites for hydroxylation is 4. The molecule has 0 aliphatic rings. The molecule has 1 aromatic carbocycles. The van der Waals surface area contributed by atoms with Gasteiger partial charge in [0.05, 0.1) is 27.6 Å². The summed E-state index contributed by atoms with van der Waals surface area (Å²) in [5.41, 5.74) is 0.267. The largest absolute Gasteiger partial charge is 0.478 e. The summed E-state index contributed by atoms with van der Waals surface area (Å²) in [5, 5.41) is 29.6. The molecule has 0 unspecified atom stereocenters. The number of hydrogen-bond donors (Lipinski definition) is 1. The fraction of sp³-hybridized carbons (Fsp3) is 0.222. The van der Waals surface area contributed by atoms with E-state index in [4.69, 9.17) is 11.6 Å². The Bertz CT molecular complexity index is 1190. The molecule has 2 heterocycles. The number of aromatic nitrogens is 4. The number of carboxylic acids is 1. The number of nitrogens with zero attached hydrogens (tertiary/aromatic N) is 5. The van der Waals surface area contributed by atoms with Gasteiger partial charge in [0.1, 0.15) is 16.8 Å². The number of nitro groups is 1. The van der Waals surface area contributed by atoms with Crippen molar-refractivity contribution in [3.05, 3.63) is 61.4 Å². The highest BCUT2D eigenvalue weighted by molar-refractivity contribution is 6.31. The van der Waals surface area contributed by atoms with Gasteiger partial charge in [0.25, 0.3) is 5.69 Å². The van der Waals surface area contributed by atoms with Crippen molar-refractivity contribution in [3.63, 3.8) is 0 Å². The van der Waals surface area contributed by atoms with Crippen LogP contribution in [0.15, 0.2) is 18.2 Å². The maximum absolute atomic E-state index is 13.4. The van der Waals surface area contributed by atoms with Gasteiger partial charge in [-0.3, -0.25) is 24.3 Å².